The van der Waals surface area contributed by atoms with E-state index in [1.54, 1.807) is 0 Å². The number of rotatable bonds is 4. The number of H-pyrrole nitrogens is 1. The van der Waals surface area contributed by atoms with Crippen LogP contribution >= 0.6 is 0 Å². The predicted octanol–water partition coefficient (Wildman–Crippen LogP) is 3.66. The van der Waals surface area contributed by atoms with Crippen molar-refractivity contribution in [2.75, 3.05) is 5.32 Å². The van der Waals surface area contributed by atoms with Gasteiger partial charge in [-0.25, -0.2) is 13.8 Å². The summed E-state index contributed by atoms with van der Waals surface area (Å²) >= 11 is 0. The van der Waals surface area contributed by atoms with E-state index in [1.165, 1.54) is 6.07 Å². The number of benzene rings is 2. The standard InChI is InChI=1S/C19H13F5N4O2/c1-18(30,7-16-27-14-5-12(20)13(21)6-15(14)28-16)17(29)26-10-3-2-9(8-25)11(4-10)19(22,23)24/h2-6,30H,7H2,1H3,(H,26,29)(H,27,28)/t18-/m0/s1. The van der Waals surface area contributed by atoms with Gasteiger partial charge >= 0.3 is 6.18 Å². The third kappa shape index (κ3) is 4.23. The van der Waals surface area contributed by atoms with Crippen molar-refractivity contribution in [1.29, 1.82) is 5.26 Å². The smallest absolute Gasteiger partial charge is 0.380 e. The number of amides is 1. The molecule has 0 aliphatic heterocycles. The minimum absolute atomic E-state index is 0.0333. The van der Waals surface area contributed by atoms with Crippen LogP contribution in [-0.2, 0) is 17.4 Å². The number of carbonyl (C=O) groups excluding carboxylic acids is 1. The lowest BCUT2D eigenvalue weighted by atomic mass is 10.0. The normalized spacial score (nSPS) is 13.7. The molecule has 0 aliphatic carbocycles. The van der Waals surface area contributed by atoms with Crippen LogP contribution < -0.4 is 5.32 Å². The maximum Gasteiger partial charge on any atom is 0.417 e. The van der Waals surface area contributed by atoms with E-state index in [0.29, 0.717) is 6.07 Å². The summed E-state index contributed by atoms with van der Waals surface area (Å²) in [4.78, 5) is 19.0. The Morgan fingerprint density at radius 2 is 1.90 bits per heavy atom. The number of aliphatic hydroxyl groups is 1. The molecule has 3 N–H and O–H groups in total. The van der Waals surface area contributed by atoms with Gasteiger partial charge in [-0.3, -0.25) is 4.79 Å². The Morgan fingerprint density at radius 1 is 1.23 bits per heavy atom. The fraction of sp³-hybridized carbons (Fsp3) is 0.211. The van der Waals surface area contributed by atoms with Crippen molar-refractivity contribution in [1.82, 2.24) is 9.97 Å². The van der Waals surface area contributed by atoms with Gasteiger partial charge in [-0.2, -0.15) is 18.4 Å². The predicted molar refractivity (Wildman–Crippen MR) is 95.1 cm³/mol. The van der Waals surface area contributed by atoms with Crippen molar-refractivity contribution in [3.8, 4) is 6.07 Å². The molecule has 1 atom stereocenters. The number of hydrogen-bond acceptors (Lipinski definition) is 4. The number of aromatic nitrogens is 2. The number of hydrogen-bond donors (Lipinski definition) is 3. The van der Waals surface area contributed by atoms with E-state index in [4.69, 9.17) is 5.26 Å². The molecular formula is C19H13F5N4O2. The summed E-state index contributed by atoms with van der Waals surface area (Å²) in [5.41, 5.74) is -4.04. The molecule has 3 rings (SSSR count). The molecule has 11 heteroatoms. The van der Waals surface area contributed by atoms with Crippen LogP contribution in [-0.4, -0.2) is 26.6 Å². The zero-order chi connectivity index (χ0) is 22.3. The minimum Gasteiger partial charge on any atom is -0.380 e. The van der Waals surface area contributed by atoms with E-state index in [-0.39, 0.29) is 22.5 Å². The highest BCUT2D eigenvalue weighted by atomic mass is 19.4. The molecule has 2 aromatic carbocycles. The van der Waals surface area contributed by atoms with E-state index in [1.807, 2.05) is 0 Å². The fourth-order valence-corrected chi connectivity index (χ4v) is 2.77. The van der Waals surface area contributed by atoms with Crippen molar-refractivity contribution >= 4 is 22.6 Å². The second-order valence-electron chi connectivity index (χ2n) is 6.74. The topological polar surface area (TPSA) is 102 Å². The SMILES string of the molecule is C[C@](O)(Cc1nc2cc(F)c(F)cc2[nH]1)C(=O)Nc1ccc(C#N)c(C(F)(F)F)c1. The monoisotopic (exact) mass is 424 g/mol. The van der Waals surface area contributed by atoms with Gasteiger partial charge in [-0.1, -0.05) is 0 Å². The van der Waals surface area contributed by atoms with Crippen LogP contribution in [0.1, 0.15) is 23.9 Å². The summed E-state index contributed by atoms with van der Waals surface area (Å²) in [6.45, 7) is 1.10. The molecule has 0 bridgehead atoms. The summed E-state index contributed by atoms with van der Waals surface area (Å²) in [5.74, 6) is -3.24. The number of aromatic amines is 1. The highest BCUT2D eigenvalue weighted by Crippen LogP contribution is 2.33. The summed E-state index contributed by atoms with van der Waals surface area (Å²) in [6, 6.07) is 5.70. The first kappa shape index (κ1) is 21.2. The molecule has 6 nitrogen and oxygen atoms in total. The van der Waals surface area contributed by atoms with Gasteiger partial charge in [0.1, 0.15) is 11.4 Å². The molecule has 0 radical (unpaired) electrons. The molecule has 30 heavy (non-hydrogen) atoms. The lowest BCUT2D eigenvalue weighted by molar-refractivity contribution is -0.138. The Labute approximate surface area is 166 Å². The average Bonchev–Trinajstić information content (AvgIpc) is 3.01. The van der Waals surface area contributed by atoms with Crippen LogP contribution in [0.2, 0.25) is 0 Å². The van der Waals surface area contributed by atoms with Crippen LogP contribution in [0.3, 0.4) is 0 Å². The van der Waals surface area contributed by atoms with Gasteiger partial charge in [0.2, 0.25) is 0 Å². The highest BCUT2D eigenvalue weighted by Gasteiger charge is 2.35. The van der Waals surface area contributed by atoms with Crippen LogP contribution in [0.15, 0.2) is 30.3 Å². The molecule has 3 aromatic rings. The van der Waals surface area contributed by atoms with E-state index < -0.39 is 46.9 Å². The Hall–Kier alpha value is -3.52. The number of nitriles is 1. The molecule has 1 amide bonds. The second-order valence-corrected chi connectivity index (χ2v) is 6.74. The number of anilines is 1. The van der Waals surface area contributed by atoms with Crippen molar-refractivity contribution < 1.29 is 31.9 Å². The van der Waals surface area contributed by atoms with Crippen LogP contribution in [0, 0.1) is 23.0 Å². The van der Waals surface area contributed by atoms with Crippen molar-refractivity contribution in [2.45, 2.75) is 25.1 Å². The lowest BCUT2D eigenvalue weighted by Gasteiger charge is -2.21. The maximum absolute atomic E-state index is 13.3. The Balaban J connectivity index is 1.82. The number of halogens is 5. The molecule has 0 spiro atoms. The third-order valence-corrected chi connectivity index (χ3v) is 4.28. The van der Waals surface area contributed by atoms with Gasteiger partial charge in [-0.15, -0.1) is 0 Å². The molecule has 0 saturated heterocycles. The van der Waals surface area contributed by atoms with E-state index in [9.17, 15) is 31.9 Å². The van der Waals surface area contributed by atoms with Gasteiger partial charge in [0.15, 0.2) is 11.6 Å². The Kier molecular flexibility index (Phi) is 5.22. The summed E-state index contributed by atoms with van der Waals surface area (Å²) in [7, 11) is 0. The number of imidazole rings is 1. The van der Waals surface area contributed by atoms with Gasteiger partial charge in [-0.05, 0) is 25.1 Å². The zero-order valence-electron chi connectivity index (χ0n) is 15.2. The summed E-state index contributed by atoms with van der Waals surface area (Å²) < 4.78 is 65.8. The molecule has 0 aliphatic rings. The molecule has 1 aromatic heterocycles. The summed E-state index contributed by atoms with van der Waals surface area (Å²) in [5, 5.41) is 21.4. The Morgan fingerprint density at radius 3 is 2.53 bits per heavy atom. The average molecular weight is 424 g/mol. The van der Waals surface area contributed by atoms with Crippen molar-refractivity contribution in [3.63, 3.8) is 0 Å². The van der Waals surface area contributed by atoms with Gasteiger partial charge < -0.3 is 15.4 Å². The first-order valence-electron chi connectivity index (χ1n) is 8.39. The second kappa shape index (κ2) is 7.38. The first-order chi connectivity index (χ1) is 13.9. The number of alkyl halides is 3. The number of nitrogens with one attached hydrogen (secondary N) is 2. The van der Waals surface area contributed by atoms with E-state index >= 15 is 0 Å². The van der Waals surface area contributed by atoms with Crippen LogP contribution in [0.5, 0.6) is 0 Å². The molecule has 1 heterocycles. The largest absolute Gasteiger partial charge is 0.417 e. The molecule has 0 fully saturated rings. The summed E-state index contributed by atoms with van der Waals surface area (Å²) in [6.07, 6.45) is -5.23. The van der Waals surface area contributed by atoms with Crippen molar-refractivity contribution in [2.24, 2.45) is 0 Å². The lowest BCUT2D eigenvalue weighted by Crippen LogP contribution is -2.42. The van der Waals surface area contributed by atoms with Gasteiger partial charge in [0.05, 0.1) is 28.2 Å². The van der Waals surface area contributed by atoms with E-state index in [0.717, 1.165) is 31.2 Å². The minimum atomic E-state index is -4.81. The first-order valence-corrected chi connectivity index (χ1v) is 8.39. The maximum atomic E-state index is 13.3. The van der Waals surface area contributed by atoms with Gasteiger partial charge in [0.25, 0.3) is 5.91 Å². The Bertz CT molecular complexity index is 1140. The molecular weight excluding hydrogens is 411 g/mol. The highest BCUT2D eigenvalue weighted by molar-refractivity contribution is 5.97. The van der Waals surface area contributed by atoms with Crippen molar-refractivity contribution in [3.05, 3.63) is 58.9 Å². The number of nitrogens with zero attached hydrogens (tertiary/aromatic N) is 2. The number of fused-ring (bicyclic) bond motifs is 1. The molecule has 0 saturated carbocycles. The van der Waals surface area contributed by atoms with Crippen LogP contribution in [0.4, 0.5) is 27.6 Å². The van der Waals surface area contributed by atoms with Crippen LogP contribution in [0.25, 0.3) is 11.0 Å². The number of carbonyl (C=O) groups is 1. The van der Waals surface area contributed by atoms with Gasteiger partial charge in [0, 0.05) is 24.2 Å². The third-order valence-electron chi connectivity index (χ3n) is 4.28. The molecule has 156 valence electrons. The fourth-order valence-electron chi connectivity index (χ4n) is 2.77. The zero-order valence-corrected chi connectivity index (χ0v) is 15.2. The quantitative estimate of drug-likeness (QED) is 0.557. The van der Waals surface area contributed by atoms with E-state index in [2.05, 4.69) is 15.3 Å². The molecule has 0 unspecified atom stereocenters.